The molecule has 1 saturated carbocycles. The van der Waals surface area contributed by atoms with Gasteiger partial charge in [0.15, 0.2) is 0 Å². The van der Waals surface area contributed by atoms with Crippen molar-refractivity contribution in [1.82, 2.24) is 0 Å². The summed E-state index contributed by atoms with van der Waals surface area (Å²) in [5.41, 5.74) is 1.21. The van der Waals surface area contributed by atoms with E-state index in [4.69, 9.17) is 21.2 Å². The fourth-order valence-electron chi connectivity index (χ4n) is 2.11. The Morgan fingerprint density at radius 3 is 2.70 bits per heavy atom. The Labute approximate surface area is 123 Å². The van der Waals surface area contributed by atoms with Crippen LogP contribution in [0.3, 0.4) is 0 Å². The van der Waals surface area contributed by atoms with E-state index < -0.39 is 5.97 Å². The molecule has 0 saturated heterocycles. The summed E-state index contributed by atoms with van der Waals surface area (Å²) in [4.78, 5) is 16.9. The van der Waals surface area contributed by atoms with Crippen LogP contribution in [-0.4, -0.2) is 24.2 Å². The van der Waals surface area contributed by atoms with E-state index in [0.29, 0.717) is 11.3 Å². The number of hydrogen-bond donors (Lipinski definition) is 0. The van der Waals surface area contributed by atoms with Crippen molar-refractivity contribution < 1.29 is 14.4 Å². The third-order valence-corrected chi connectivity index (χ3v) is 3.79. The molecule has 2 rings (SSSR count). The topological polar surface area (TPSA) is 47.9 Å². The number of benzene rings is 1. The van der Waals surface area contributed by atoms with Crippen molar-refractivity contribution in [3.05, 3.63) is 29.8 Å². The molecule has 0 heterocycles. The second-order valence-corrected chi connectivity index (χ2v) is 5.28. The zero-order valence-electron chi connectivity index (χ0n) is 11.5. The van der Waals surface area contributed by atoms with Gasteiger partial charge < -0.3 is 9.57 Å². The first-order valence-corrected chi connectivity index (χ1v) is 7.20. The van der Waals surface area contributed by atoms with E-state index >= 15 is 0 Å². The maximum Gasteiger partial charge on any atom is 0.365 e. The van der Waals surface area contributed by atoms with Gasteiger partial charge in [-0.05, 0) is 43.5 Å². The van der Waals surface area contributed by atoms with Crippen molar-refractivity contribution in [3.8, 4) is 5.75 Å². The van der Waals surface area contributed by atoms with Gasteiger partial charge in [-0.3, -0.25) is 0 Å². The lowest BCUT2D eigenvalue weighted by atomic mass is 10.2. The molecule has 108 valence electrons. The molecule has 1 aliphatic rings. The number of halogens is 1. The summed E-state index contributed by atoms with van der Waals surface area (Å²) < 4.78 is 5.03. The summed E-state index contributed by atoms with van der Waals surface area (Å²) in [6.07, 6.45) is 4.97. The molecule has 0 aromatic heterocycles. The van der Waals surface area contributed by atoms with Gasteiger partial charge >= 0.3 is 5.97 Å². The van der Waals surface area contributed by atoms with Crippen LogP contribution in [0.1, 0.15) is 42.5 Å². The normalized spacial score (nSPS) is 21.3. The highest BCUT2D eigenvalue weighted by molar-refractivity contribution is 6.32. The summed E-state index contributed by atoms with van der Waals surface area (Å²) in [6.45, 7) is 0. The van der Waals surface area contributed by atoms with Crippen LogP contribution in [-0.2, 0) is 4.84 Å². The average Bonchev–Trinajstić information content (AvgIpc) is 2.69. The highest BCUT2D eigenvalue weighted by atomic mass is 35.5. The molecule has 0 bridgehead atoms. The number of oxime groups is 1. The lowest BCUT2D eigenvalue weighted by molar-refractivity contribution is 0.0514. The maximum atomic E-state index is 11.9. The molecule has 20 heavy (non-hydrogen) atoms. The molecule has 1 fully saturated rings. The molecule has 1 aromatic carbocycles. The second kappa shape index (κ2) is 7.29. The van der Waals surface area contributed by atoms with E-state index in [9.17, 15) is 4.79 Å². The first kappa shape index (κ1) is 14.9. The second-order valence-electron chi connectivity index (χ2n) is 4.76. The van der Waals surface area contributed by atoms with Gasteiger partial charge in [-0.2, -0.15) is 0 Å². The number of carbonyl (C=O) groups excluding carboxylic acids is 1. The number of hydrogen-bond acceptors (Lipinski definition) is 4. The van der Waals surface area contributed by atoms with E-state index in [1.165, 1.54) is 0 Å². The minimum absolute atomic E-state index is 0.124. The number of nitrogens with zero attached hydrogens (tertiary/aromatic N) is 1. The van der Waals surface area contributed by atoms with Crippen LogP contribution >= 0.6 is 11.6 Å². The monoisotopic (exact) mass is 295 g/mol. The van der Waals surface area contributed by atoms with Crippen molar-refractivity contribution in [2.24, 2.45) is 5.16 Å². The predicted octanol–water partition coefficient (Wildman–Crippen LogP) is 3.78. The summed E-state index contributed by atoms with van der Waals surface area (Å²) in [5.74, 6) is 0.214. The van der Waals surface area contributed by atoms with E-state index in [-0.39, 0.29) is 5.38 Å². The van der Waals surface area contributed by atoms with Gasteiger partial charge in [0.05, 0.1) is 23.8 Å². The van der Waals surface area contributed by atoms with Gasteiger partial charge in [0.2, 0.25) is 0 Å². The molecule has 1 aromatic rings. The highest BCUT2D eigenvalue weighted by Crippen LogP contribution is 2.20. The number of ether oxygens (including phenoxy) is 1. The average molecular weight is 296 g/mol. The quantitative estimate of drug-likeness (QED) is 0.369. The third kappa shape index (κ3) is 3.97. The van der Waals surface area contributed by atoms with Gasteiger partial charge in [0.25, 0.3) is 0 Å². The Bertz CT molecular complexity index is 484. The van der Waals surface area contributed by atoms with Crippen LogP contribution < -0.4 is 4.74 Å². The van der Waals surface area contributed by atoms with Gasteiger partial charge in [-0.25, -0.2) is 4.79 Å². The van der Waals surface area contributed by atoms with E-state index in [0.717, 1.165) is 37.8 Å². The van der Waals surface area contributed by atoms with Crippen molar-refractivity contribution in [2.75, 3.05) is 7.11 Å². The molecule has 0 N–H and O–H groups in total. The van der Waals surface area contributed by atoms with Crippen LogP contribution in [0.25, 0.3) is 0 Å². The number of rotatable bonds is 3. The zero-order chi connectivity index (χ0) is 14.4. The van der Waals surface area contributed by atoms with Crippen molar-refractivity contribution in [2.45, 2.75) is 37.5 Å². The van der Waals surface area contributed by atoms with Gasteiger partial charge in [0.1, 0.15) is 5.75 Å². The smallest absolute Gasteiger partial charge is 0.365 e. The minimum atomic E-state index is -0.478. The van der Waals surface area contributed by atoms with Crippen LogP contribution in [0, 0.1) is 0 Å². The SMILES string of the molecule is COc1ccc(C(=O)ON=C2CCCCCC2Cl)cc1. The van der Waals surface area contributed by atoms with E-state index in [2.05, 4.69) is 5.16 Å². The van der Waals surface area contributed by atoms with Gasteiger partial charge in [-0.1, -0.05) is 18.0 Å². The van der Waals surface area contributed by atoms with Crippen LogP contribution in [0.5, 0.6) is 5.75 Å². The first-order chi connectivity index (χ1) is 9.70. The van der Waals surface area contributed by atoms with Crippen LogP contribution in [0.2, 0.25) is 0 Å². The Morgan fingerprint density at radius 2 is 2.00 bits per heavy atom. The van der Waals surface area contributed by atoms with Gasteiger partial charge in [0, 0.05) is 0 Å². The third-order valence-electron chi connectivity index (χ3n) is 3.32. The van der Waals surface area contributed by atoms with Crippen LogP contribution in [0.4, 0.5) is 0 Å². The number of alkyl halides is 1. The number of carbonyl (C=O) groups is 1. The fraction of sp³-hybridized carbons (Fsp3) is 0.467. The first-order valence-electron chi connectivity index (χ1n) is 6.77. The van der Waals surface area contributed by atoms with Gasteiger partial charge in [-0.15, -0.1) is 11.6 Å². The molecule has 1 aliphatic carbocycles. The standard InChI is InChI=1S/C15H18ClNO3/c1-19-12-9-7-11(8-10-12)15(18)20-17-14-6-4-2-3-5-13(14)16/h7-10,13H,2-6H2,1H3. The summed E-state index contributed by atoms with van der Waals surface area (Å²) in [6, 6.07) is 6.71. The zero-order valence-corrected chi connectivity index (χ0v) is 12.2. The largest absolute Gasteiger partial charge is 0.497 e. The molecule has 4 nitrogen and oxygen atoms in total. The predicted molar refractivity (Wildman–Crippen MR) is 78.6 cm³/mol. The van der Waals surface area contributed by atoms with Crippen LogP contribution in [0.15, 0.2) is 29.4 Å². The molecule has 1 atom stereocenters. The summed E-state index contributed by atoms with van der Waals surface area (Å²) >= 11 is 6.22. The molecule has 0 radical (unpaired) electrons. The summed E-state index contributed by atoms with van der Waals surface area (Å²) in [7, 11) is 1.58. The Kier molecular flexibility index (Phi) is 5.41. The maximum absolute atomic E-state index is 11.9. The Hall–Kier alpha value is -1.55. The van der Waals surface area contributed by atoms with Crippen molar-refractivity contribution in [3.63, 3.8) is 0 Å². The number of methoxy groups -OCH3 is 1. The fourth-order valence-corrected chi connectivity index (χ4v) is 2.42. The Morgan fingerprint density at radius 1 is 1.25 bits per heavy atom. The minimum Gasteiger partial charge on any atom is -0.497 e. The van der Waals surface area contributed by atoms with E-state index in [1.807, 2.05) is 0 Å². The molecular weight excluding hydrogens is 278 g/mol. The lowest BCUT2D eigenvalue weighted by Gasteiger charge is -2.07. The highest BCUT2D eigenvalue weighted by Gasteiger charge is 2.18. The molecule has 0 amide bonds. The summed E-state index contributed by atoms with van der Waals surface area (Å²) in [5, 5.41) is 3.82. The molecule has 5 heteroatoms. The Balaban J connectivity index is 1.99. The molecular formula is C15H18ClNO3. The molecule has 1 unspecified atom stereocenters. The van der Waals surface area contributed by atoms with Crippen molar-refractivity contribution >= 4 is 23.3 Å². The van der Waals surface area contributed by atoms with E-state index in [1.54, 1.807) is 31.4 Å². The molecule has 0 spiro atoms. The van der Waals surface area contributed by atoms with Crippen molar-refractivity contribution in [1.29, 1.82) is 0 Å². The molecule has 0 aliphatic heterocycles. The lowest BCUT2D eigenvalue weighted by Crippen LogP contribution is -2.14.